The number of pyridine rings is 1. The summed E-state index contributed by atoms with van der Waals surface area (Å²) < 4.78 is 41.3. The number of rotatable bonds is 8. The molecule has 1 aliphatic heterocycles. The minimum absolute atomic E-state index is 0.00223. The third kappa shape index (κ3) is 6.55. The van der Waals surface area contributed by atoms with Crippen LogP contribution < -0.4 is 20.5 Å². The summed E-state index contributed by atoms with van der Waals surface area (Å²) in [7, 11) is 0.0844. The molecule has 0 radical (unpaired) electrons. The molecule has 44 heavy (non-hydrogen) atoms. The van der Waals surface area contributed by atoms with E-state index >= 15 is 0 Å². The number of halogens is 3. The van der Waals surface area contributed by atoms with Crippen LogP contribution in [0.3, 0.4) is 0 Å². The molecule has 232 valence electrons. The third-order valence-corrected chi connectivity index (χ3v) is 8.25. The molecule has 1 saturated heterocycles. The molecule has 2 N–H and O–H groups in total. The van der Waals surface area contributed by atoms with Crippen molar-refractivity contribution < 1.29 is 17.8 Å². The van der Waals surface area contributed by atoms with Crippen molar-refractivity contribution in [3.05, 3.63) is 80.4 Å². The van der Waals surface area contributed by atoms with Gasteiger partial charge in [0.25, 0.3) is 17.9 Å². The van der Waals surface area contributed by atoms with Crippen LogP contribution in [0.2, 0.25) is 5.15 Å². The summed E-state index contributed by atoms with van der Waals surface area (Å²) in [5, 5.41) is 3.85. The molecule has 11 nitrogen and oxygen atoms in total. The maximum atomic E-state index is 13.6. The number of amides is 1. The summed E-state index contributed by atoms with van der Waals surface area (Å²) in [5.74, 6) is 0.389. The number of nitrogens with one attached hydrogen (secondary N) is 2. The Morgan fingerprint density at radius 2 is 1.82 bits per heavy atom. The van der Waals surface area contributed by atoms with Gasteiger partial charge in [0.2, 0.25) is 5.95 Å². The number of alkyl halides is 2. The molecule has 15 heteroatoms. The van der Waals surface area contributed by atoms with Gasteiger partial charge in [-0.3, -0.25) is 18.9 Å². The summed E-state index contributed by atoms with van der Waals surface area (Å²) in [4.78, 5) is 45.8. The highest BCUT2D eigenvalue weighted by atomic mass is 35.5. The molecule has 3 aromatic heterocycles. The number of fused-ring (bicyclic) bond motifs is 1. The third-order valence-electron chi connectivity index (χ3n) is 7.57. The summed E-state index contributed by atoms with van der Waals surface area (Å²) >= 11 is 6.05. The van der Waals surface area contributed by atoms with Gasteiger partial charge < -0.3 is 10.2 Å². The lowest BCUT2D eigenvalue weighted by molar-refractivity contribution is 0.0979. The van der Waals surface area contributed by atoms with Gasteiger partial charge in [-0.2, -0.15) is 0 Å². The van der Waals surface area contributed by atoms with E-state index in [0.29, 0.717) is 54.3 Å². The Hall–Kier alpha value is -4.04. The Kier molecular flexibility index (Phi) is 9.20. The number of piperidine rings is 1. The van der Waals surface area contributed by atoms with Crippen molar-refractivity contribution in [2.75, 3.05) is 29.6 Å². The van der Waals surface area contributed by atoms with Crippen LogP contribution in [0, 0.1) is 6.92 Å². The normalized spacial score (nSPS) is 15.4. The second-order valence-electron chi connectivity index (χ2n) is 10.7. The molecule has 2 unspecified atom stereocenters. The molecule has 0 aliphatic carbocycles. The number of anilines is 2. The van der Waals surface area contributed by atoms with E-state index in [1.54, 1.807) is 25.2 Å². The first-order valence-electron chi connectivity index (χ1n) is 13.9. The molecule has 0 bridgehead atoms. The Bertz CT molecular complexity index is 1800. The average molecular weight is 645 g/mol. The lowest BCUT2D eigenvalue weighted by Gasteiger charge is -2.33. The molecule has 1 aromatic carbocycles. The first-order chi connectivity index (χ1) is 20.9. The lowest BCUT2D eigenvalue weighted by Crippen LogP contribution is -2.38. The van der Waals surface area contributed by atoms with Gasteiger partial charge in [0.1, 0.15) is 22.0 Å². The van der Waals surface area contributed by atoms with Gasteiger partial charge in [0.15, 0.2) is 5.69 Å². The molecule has 4 aromatic rings. The Balaban J connectivity index is 1.45. The largest absolute Gasteiger partial charge is 0.377 e. The molecule has 5 rings (SSSR count). The molecular formula is C29H31ClF2N8O3S. The number of hydrogen-bond donors (Lipinski definition) is 2. The second kappa shape index (κ2) is 12.9. The second-order valence-corrected chi connectivity index (χ2v) is 12.2. The van der Waals surface area contributed by atoms with Crippen molar-refractivity contribution in [1.29, 1.82) is 0 Å². The SMILES string of the molecule is Cc1cc(C(C)Nc2ccc(Cl)nc2C(=O)NS(C)=O)c2nc(N3CCC(c4ncc(C(F)F)cn4)CC3)n(C)c(=O)c2c1. The summed E-state index contributed by atoms with van der Waals surface area (Å²) in [6, 6.07) is 6.47. The number of hydrogen-bond acceptors (Lipinski definition) is 9. The van der Waals surface area contributed by atoms with Crippen molar-refractivity contribution >= 4 is 51.0 Å². The zero-order valence-corrected chi connectivity index (χ0v) is 26.0. The predicted octanol–water partition coefficient (Wildman–Crippen LogP) is 4.60. The highest BCUT2D eigenvalue weighted by molar-refractivity contribution is 7.82. The van der Waals surface area contributed by atoms with E-state index < -0.39 is 29.4 Å². The first kappa shape index (κ1) is 31.4. The van der Waals surface area contributed by atoms with Crippen molar-refractivity contribution in [1.82, 2.24) is 29.2 Å². The molecule has 1 fully saturated rings. The number of aryl methyl sites for hydroxylation is 1. The van der Waals surface area contributed by atoms with E-state index in [4.69, 9.17) is 16.6 Å². The van der Waals surface area contributed by atoms with Crippen LogP contribution in [-0.4, -0.2) is 54.0 Å². The van der Waals surface area contributed by atoms with Crippen LogP contribution in [0.5, 0.6) is 0 Å². The smallest absolute Gasteiger partial charge is 0.283 e. The number of carbonyl (C=O) groups is 1. The van der Waals surface area contributed by atoms with E-state index in [1.807, 2.05) is 24.8 Å². The number of nitrogens with zero attached hydrogens (tertiary/aromatic N) is 6. The Labute approximate surface area is 259 Å². The summed E-state index contributed by atoms with van der Waals surface area (Å²) in [6.45, 7) is 4.91. The first-order valence-corrected chi connectivity index (χ1v) is 15.8. The maximum absolute atomic E-state index is 13.6. The Morgan fingerprint density at radius 1 is 1.14 bits per heavy atom. The van der Waals surface area contributed by atoms with Crippen molar-refractivity contribution in [2.24, 2.45) is 7.05 Å². The van der Waals surface area contributed by atoms with E-state index in [1.165, 1.54) is 23.2 Å². The molecule has 1 aliphatic rings. The van der Waals surface area contributed by atoms with Crippen LogP contribution in [-0.2, 0) is 18.0 Å². The topological polar surface area (TPSA) is 135 Å². The zero-order chi connectivity index (χ0) is 31.7. The average Bonchev–Trinajstić information content (AvgIpc) is 2.99. The van der Waals surface area contributed by atoms with Crippen LogP contribution in [0.15, 0.2) is 41.5 Å². The van der Waals surface area contributed by atoms with Gasteiger partial charge in [0.05, 0.1) is 28.2 Å². The van der Waals surface area contributed by atoms with E-state index in [9.17, 15) is 22.6 Å². The van der Waals surface area contributed by atoms with Crippen molar-refractivity contribution in [2.45, 2.75) is 45.1 Å². The minimum Gasteiger partial charge on any atom is -0.377 e. The zero-order valence-electron chi connectivity index (χ0n) is 24.5. The van der Waals surface area contributed by atoms with Crippen molar-refractivity contribution in [3.8, 4) is 0 Å². The van der Waals surface area contributed by atoms with Crippen molar-refractivity contribution in [3.63, 3.8) is 0 Å². The number of carbonyl (C=O) groups excluding carboxylic acids is 1. The fraction of sp³-hybridized carbons (Fsp3) is 0.379. The van der Waals surface area contributed by atoms with Crippen LogP contribution in [0.4, 0.5) is 20.4 Å². The molecule has 0 spiro atoms. The molecule has 1 amide bonds. The molecule has 2 atom stereocenters. The Morgan fingerprint density at radius 3 is 2.45 bits per heavy atom. The van der Waals surface area contributed by atoms with Gasteiger partial charge in [0, 0.05) is 50.3 Å². The standard InChI is InChI=1S/C29H31ClF2N8O3S/c1-15-11-19(16(2)35-21-5-6-22(30)36-24(21)27(41)38-44(4)43)23-20(12-15)28(42)39(3)29(37-23)40-9-7-17(8-10-40)26-33-13-18(14-34-26)25(31)32/h5-6,11-14,16-17,25,35H,7-10H2,1-4H3,(H,38,41). The molecule has 0 saturated carbocycles. The molecular weight excluding hydrogens is 614 g/mol. The lowest BCUT2D eigenvalue weighted by atomic mass is 9.96. The van der Waals surface area contributed by atoms with E-state index in [2.05, 4.69) is 25.0 Å². The van der Waals surface area contributed by atoms with E-state index in [0.717, 1.165) is 11.1 Å². The highest BCUT2D eigenvalue weighted by Gasteiger charge is 2.27. The van der Waals surface area contributed by atoms with Crippen LogP contribution >= 0.6 is 11.6 Å². The fourth-order valence-electron chi connectivity index (χ4n) is 5.38. The maximum Gasteiger partial charge on any atom is 0.283 e. The van der Waals surface area contributed by atoms with Gasteiger partial charge in [-0.1, -0.05) is 17.7 Å². The number of benzene rings is 1. The summed E-state index contributed by atoms with van der Waals surface area (Å²) in [6.07, 6.45) is 2.40. The van der Waals surface area contributed by atoms with Gasteiger partial charge in [-0.05, 0) is 50.5 Å². The van der Waals surface area contributed by atoms with Gasteiger partial charge in [-0.25, -0.2) is 32.9 Å². The highest BCUT2D eigenvalue weighted by Crippen LogP contribution is 2.32. The minimum atomic E-state index is -2.62. The monoisotopic (exact) mass is 644 g/mol. The predicted molar refractivity (Wildman–Crippen MR) is 166 cm³/mol. The molecule has 4 heterocycles. The van der Waals surface area contributed by atoms with Gasteiger partial charge >= 0.3 is 0 Å². The summed E-state index contributed by atoms with van der Waals surface area (Å²) in [5.41, 5.74) is 2.06. The van der Waals surface area contributed by atoms with Gasteiger partial charge in [-0.15, -0.1) is 0 Å². The van der Waals surface area contributed by atoms with E-state index in [-0.39, 0.29) is 27.9 Å². The van der Waals surface area contributed by atoms with Crippen LogP contribution in [0.25, 0.3) is 10.9 Å². The fourth-order valence-corrected chi connectivity index (χ4v) is 5.88. The quantitative estimate of drug-likeness (QED) is 0.264. The number of aromatic nitrogens is 5. The van der Waals surface area contributed by atoms with Crippen LogP contribution in [0.1, 0.15) is 71.2 Å².